The number of amides is 2. The maximum absolute atomic E-state index is 13.7. The molecule has 136 valence electrons. The third-order valence-corrected chi connectivity index (χ3v) is 4.91. The lowest BCUT2D eigenvalue weighted by Gasteiger charge is -2.27. The van der Waals surface area contributed by atoms with Crippen molar-refractivity contribution in [1.29, 1.82) is 0 Å². The fraction of sp³-hybridized carbons (Fsp3) is 0.263. The second-order valence-corrected chi connectivity index (χ2v) is 6.91. The van der Waals surface area contributed by atoms with Crippen LogP contribution in [0, 0.1) is 5.82 Å². The summed E-state index contributed by atoms with van der Waals surface area (Å²) in [6, 6.07) is 8.91. The van der Waals surface area contributed by atoms with Gasteiger partial charge in [0.1, 0.15) is 5.82 Å². The normalized spacial score (nSPS) is 14.2. The summed E-state index contributed by atoms with van der Waals surface area (Å²) in [7, 11) is 0. The van der Waals surface area contributed by atoms with Crippen LogP contribution in [0.15, 0.2) is 36.4 Å². The first-order valence-corrected chi connectivity index (χ1v) is 9.07. The lowest BCUT2D eigenvalue weighted by molar-refractivity contribution is 0.0725. The van der Waals surface area contributed by atoms with Crippen molar-refractivity contribution in [2.24, 2.45) is 0 Å². The van der Waals surface area contributed by atoms with Crippen molar-refractivity contribution in [1.82, 2.24) is 4.90 Å². The summed E-state index contributed by atoms with van der Waals surface area (Å²) in [6.45, 7) is 1.41. The maximum atomic E-state index is 13.7. The predicted molar refractivity (Wildman–Crippen MR) is 101 cm³/mol. The number of nitrogens with zero attached hydrogens (tertiary/aromatic N) is 1. The third kappa shape index (κ3) is 4.00. The van der Waals surface area contributed by atoms with E-state index in [1.807, 2.05) is 0 Å². The van der Waals surface area contributed by atoms with Gasteiger partial charge in [-0.2, -0.15) is 0 Å². The lowest BCUT2D eigenvalue weighted by atomic mass is 10.1. The first kappa shape index (κ1) is 18.7. The fourth-order valence-electron chi connectivity index (χ4n) is 2.93. The molecule has 0 bridgehead atoms. The molecule has 0 aromatic heterocycles. The van der Waals surface area contributed by atoms with E-state index in [1.165, 1.54) is 6.07 Å². The molecule has 1 aliphatic heterocycles. The van der Waals surface area contributed by atoms with Crippen molar-refractivity contribution in [2.75, 3.05) is 18.4 Å². The molecule has 7 heteroatoms. The van der Waals surface area contributed by atoms with Crippen molar-refractivity contribution in [2.45, 2.75) is 19.3 Å². The van der Waals surface area contributed by atoms with Crippen LogP contribution in [0.2, 0.25) is 10.0 Å². The highest BCUT2D eigenvalue weighted by Gasteiger charge is 2.22. The van der Waals surface area contributed by atoms with E-state index in [4.69, 9.17) is 23.2 Å². The molecule has 1 heterocycles. The van der Waals surface area contributed by atoms with Crippen molar-refractivity contribution in [3.63, 3.8) is 0 Å². The molecule has 1 saturated heterocycles. The van der Waals surface area contributed by atoms with Crippen molar-refractivity contribution in [3.8, 4) is 0 Å². The van der Waals surface area contributed by atoms with Crippen LogP contribution in [-0.4, -0.2) is 29.8 Å². The van der Waals surface area contributed by atoms with Crippen molar-refractivity contribution >= 4 is 40.7 Å². The summed E-state index contributed by atoms with van der Waals surface area (Å²) in [5, 5.41) is 2.53. The summed E-state index contributed by atoms with van der Waals surface area (Å²) in [5.74, 6) is -1.47. The Labute approximate surface area is 160 Å². The van der Waals surface area contributed by atoms with Gasteiger partial charge in [0.25, 0.3) is 11.8 Å². The minimum absolute atomic E-state index is 0.0359. The summed E-state index contributed by atoms with van der Waals surface area (Å²) in [5.41, 5.74) is 0.710. The van der Waals surface area contributed by atoms with E-state index in [-0.39, 0.29) is 21.5 Å². The number of hydrogen-bond donors (Lipinski definition) is 1. The van der Waals surface area contributed by atoms with Crippen LogP contribution in [-0.2, 0) is 0 Å². The average Bonchev–Trinajstić information content (AvgIpc) is 2.65. The van der Waals surface area contributed by atoms with E-state index >= 15 is 0 Å². The standard InChI is InChI=1S/C19H17Cl2FN2O2/c20-14-11-15(21)16(22)10-13(14)18(25)23-17-7-3-2-6-12(17)19(26)24-8-4-1-5-9-24/h2-3,6-7,10-11H,1,4-5,8-9H2,(H,23,25). The lowest BCUT2D eigenvalue weighted by Crippen LogP contribution is -2.36. The molecule has 0 saturated carbocycles. The van der Waals surface area contributed by atoms with Crippen LogP contribution in [0.1, 0.15) is 40.0 Å². The Hall–Kier alpha value is -2.11. The molecule has 2 aromatic carbocycles. The topological polar surface area (TPSA) is 49.4 Å². The highest BCUT2D eigenvalue weighted by molar-refractivity contribution is 6.37. The zero-order valence-electron chi connectivity index (χ0n) is 13.9. The van der Waals surface area contributed by atoms with E-state index < -0.39 is 11.7 Å². The Balaban J connectivity index is 1.85. The molecule has 3 rings (SSSR count). The number of likely N-dealkylation sites (tertiary alicyclic amines) is 1. The van der Waals surface area contributed by atoms with Gasteiger partial charge in [-0.15, -0.1) is 0 Å². The molecule has 4 nitrogen and oxygen atoms in total. The predicted octanol–water partition coefficient (Wildman–Crippen LogP) is 5.01. The van der Waals surface area contributed by atoms with Crippen LogP contribution in [0.25, 0.3) is 0 Å². The summed E-state index contributed by atoms with van der Waals surface area (Å²) in [6.07, 6.45) is 3.06. The third-order valence-electron chi connectivity index (χ3n) is 4.30. The van der Waals surface area contributed by atoms with Crippen LogP contribution in [0.3, 0.4) is 0 Å². The number of anilines is 1. The molecular formula is C19H17Cl2FN2O2. The van der Waals surface area contributed by atoms with Gasteiger partial charge in [0.05, 0.1) is 26.9 Å². The van der Waals surface area contributed by atoms with Gasteiger partial charge in [0.15, 0.2) is 0 Å². The Morgan fingerprint density at radius 3 is 2.38 bits per heavy atom. The number of carbonyl (C=O) groups excluding carboxylic acids is 2. The molecule has 0 spiro atoms. The van der Waals surface area contributed by atoms with E-state index in [2.05, 4.69) is 5.32 Å². The number of para-hydroxylation sites is 1. The molecule has 26 heavy (non-hydrogen) atoms. The van der Waals surface area contributed by atoms with E-state index in [0.29, 0.717) is 24.3 Å². The van der Waals surface area contributed by atoms with Crippen molar-refractivity contribution < 1.29 is 14.0 Å². The Morgan fingerprint density at radius 1 is 0.962 bits per heavy atom. The largest absolute Gasteiger partial charge is 0.339 e. The molecule has 0 radical (unpaired) electrons. The molecule has 1 N–H and O–H groups in total. The highest BCUT2D eigenvalue weighted by atomic mass is 35.5. The van der Waals surface area contributed by atoms with Crippen LogP contribution < -0.4 is 5.32 Å². The summed E-state index contributed by atoms with van der Waals surface area (Å²) < 4.78 is 13.7. The first-order chi connectivity index (χ1) is 12.5. The van der Waals surface area contributed by atoms with Gasteiger partial charge in [0.2, 0.25) is 0 Å². The van der Waals surface area contributed by atoms with Gasteiger partial charge in [-0.3, -0.25) is 9.59 Å². The molecule has 2 aromatic rings. The summed E-state index contributed by atoms with van der Waals surface area (Å²) in [4.78, 5) is 27.1. The van der Waals surface area contributed by atoms with Gasteiger partial charge in [0, 0.05) is 13.1 Å². The Bertz CT molecular complexity index is 851. The molecular weight excluding hydrogens is 378 g/mol. The number of rotatable bonds is 3. The zero-order valence-corrected chi connectivity index (χ0v) is 15.4. The monoisotopic (exact) mass is 394 g/mol. The average molecular weight is 395 g/mol. The zero-order chi connectivity index (χ0) is 18.7. The van der Waals surface area contributed by atoms with E-state index in [1.54, 1.807) is 29.2 Å². The number of halogens is 3. The molecule has 2 amide bonds. The maximum Gasteiger partial charge on any atom is 0.257 e. The van der Waals surface area contributed by atoms with Gasteiger partial charge in [-0.1, -0.05) is 35.3 Å². The SMILES string of the molecule is O=C(Nc1ccccc1C(=O)N1CCCCC1)c1cc(F)c(Cl)cc1Cl. The number of nitrogens with one attached hydrogen (secondary N) is 1. The Morgan fingerprint density at radius 2 is 1.65 bits per heavy atom. The number of piperidine rings is 1. The Kier molecular flexibility index (Phi) is 5.79. The highest BCUT2D eigenvalue weighted by Crippen LogP contribution is 2.26. The number of hydrogen-bond acceptors (Lipinski definition) is 2. The van der Waals surface area contributed by atoms with Crippen molar-refractivity contribution in [3.05, 3.63) is 63.4 Å². The van der Waals surface area contributed by atoms with E-state index in [9.17, 15) is 14.0 Å². The van der Waals surface area contributed by atoms with Gasteiger partial charge >= 0.3 is 0 Å². The molecule has 1 fully saturated rings. The number of benzene rings is 2. The van der Waals surface area contributed by atoms with Crippen LogP contribution >= 0.6 is 23.2 Å². The molecule has 0 atom stereocenters. The molecule has 1 aliphatic rings. The minimum Gasteiger partial charge on any atom is -0.339 e. The quantitative estimate of drug-likeness (QED) is 0.743. The van der Waals surface area contributed by atoms with Gasteiger partial charge in [-0.25, -0.2) is 4.39 Å². The molecule has 0 unspecified atom stereocenters. The minimum atomic E-state index is -0.737. The smallest absolute Gasteiger partial charge is 0.257 e. The van der Waals surface area contributed by atoms with Crippen LogP contribution in [0.5, 0.6) is 0 Å². The van der Waals surface area contributed by atoms with Crippen LogP contribution in [0.4, 0.5) is 10.1 Å². The van der Waals surface area contributed by atoms with Gasteiger partial charge in [-0.05, 0) is 43.5 Å². The number of carbonyl (C=O) groups is 2. The summed E-state index contributed by atoms with van der Waals surface area (Å²) >= 11 is 11.7. The fourth-order valence-corrected chi connectivity index (χ4v) is 3.40. The van der Waals surface area contributed by atoms with E-state index in [0.717, 1.165) is 25.3 Å². The first-order valence-electron chi connectivity index (χ1n) is 8.31. The molecule has 0 aliphatic carbocycles. The second kappa shape index (κ2) is 8.06. The van der Waals surface area contributed by atoms with Gasteiger partial charge < -0.3 is 10.2 Å². The second-order valence-electron chi connectivity index (χ2n) is 6.10.